The Morgan fingerprint density at radius 2 is 2.14 bits per heavy atom. The van der Waals surface area contributed by atoms with Crippen LogP contribution in [0.15, 0.2) is 17.5 Å². The number of carbonyl (C=O) groups excluding carboxylic acids is 2. The molecule has 4 nitrogen and oxygen atoms in total. The topological polar surface area (TPSA) is 49.4 Å². The molecule has 2 unspecified atom stereocenters. The molecule has 2 aliphatic rings. The van der Waals surface area contributed by atoms with Crippen molar-refractivity contribution in [1.29, 1.82) is 0 Å². The summed E-state index contributed by atoms with van der Waals surface area (Å²) < 4.78 is 0. The maximum Gasteiger partial charge on any atom is 0.246 e. The number of carbonyl (C=O) groups is 2. The highest BCUT2D eigenvalue weighted by molar-refractivity contribution is 7.09. The molecule has 2 fully saturated rings. The van der Waals surface area contributed by atoms with Crippen LogP contribution in [0.1, 0.15) is 38.5 Å². The van der Waals surface area contributed by atoms with Gasteiger partial charge in [0.2, 0.25) is 11.8 Å². The molecule has 0 bridgehead atoms. The Morgan fingerprint density at radius 1 is 1.43 bits per heavy atom. The fraction of sp³-hybridized carbons (Fsp3) is 0.625. The monoisotopic (exact) mass is 306 g/mol. The number of piperazine rings is 1. The van der Waals surface area contributed by atoms with Crippen LogP contribution in [0.5, 0.6) is 0 Å². The second-order valence-corrected chi connectivity index (χ2v) is 7.65. The number of amides is 2. The SMILES string of the molecule is CC(C)C1NC(=O)C(C)(C2CC2)N(Cc2cccs2)C1=O. The van der Waals surface area contributed by atoms with Gasteiger partial charge in [-0.05, 0) is 43.0 Å². The Labute approximate surface area is 129 Å². The molecule has 1 aromatic rings. The molecule has 1 N–H and O–H groups in total. The van der Waals surface area contributed by atoms with E-state index in [2.05, 4.69) is 5.32 Å². The molecule has 1 saturated heterocycles. The fourth-order valence-corrected chi connectivity index (χ4v) is 3.86. The molecule has 2 heterocycles. The first-order chi connectivity index (χ1) is 9.94. The van der Waals surface area contributed by atoms with Crippen LogP contribution in [0.4, 0.5) is 0 Å². The van der Waals surface area contributed by atoms with Crippen molar-refractivity contribution in [3.05, 3.63) is 22.4 Å². The summed E-state index contributed by atoms with van der Waals surface area (Å²) in [5.41, 5.74) is -0.688. The van der Waals surface area contributed by atoms with E-state index in [-0.39, 0.29) is 17.7 Å². The van der Waals surface area contributed by atoms with Crippen LogP contribution in [0, 0.1) is 11.8 Å². The first-order valence-corrected chi connectivity index (χ1v) is 8.47. The van der Waals surface area contributed by atoms with Crippen LogP contribution >= 0.6 is 11.3 Å². The minimum atomic E-state index is -0.688. The molecular formula is C16H22N2O2S. The van der Waals surface area contributed by atoms with Crippen molar-refractivity contribution in [1.82, 2.24) is 10.2 Å². The molecule has 3 rings (SSSR count). The van der Waals surface area contributed by atoms with Crippen molar-refractivity contribution in [3.8, 4) is 0 Å². The van der Waals surface area contributed by atoms with Crippen LogP contribution in [0.2, 0.25) is 0 Å². The molecule has 1 aromatic heterocycles. The van der Waals surface area contributed by atoms with Crippen LogP contribution < -0.4 is 5.32 Å². The van der Waals surface area contributed by atoms with Crippen molar-refractivity contribution >= 4 is 23.2 Å². The molecule has 0 radical (unpaired) electrons. The number of rotatable bonds is 4. The summed E-state index contributed by atoms with van der Waals surface area (Å²) in [5.74, 6) is 0.484. The van der Waals surface area contributed by atoms with E-state index < -0.39 is 11.6 Å². The molecule has 21 heavy (non-hydrogen) atoms. The van der Waals surface area contributed by atoms with Gasteiger partial charge >= 0.3 is 0 Å². The van der Waals surface area contributed by atoms with E-state index in [1.807, 2.05) is 43.2 Å². The Kier molecular flexibility index (Phi) is 3.56. The van der Waals surface area contributed by atoms with Crippen LogP contribution in [0.3, 0.4) is 0 Å². The van der Waals surface area contributed by atoms with Crippen LogP contribution in [-0.2, 0) is 16.1 Å². The molecule has 0 spiro atoms. The molecule has 2 atom stereocenters. The van der Waals surface area contributed by atoms with Gasteiger partial charge in [0.1, 0.15) is 11.6 Å². The van der Waals surface area contributed by atoms with E-state index in [0.717, 1.165) is 17.7 Å². The summed E-state index contributed by atoms with van der Waals surface area (Å²) in [4.78, 5) is 28.6. The van der Waals surface area contributed by atoms with Gasteiger partial charge in [-0.3, -0.25) is 9.59 Å². The van der Waals surface area contributed by atoms with Crippen molar-refractivity contribution in [2.24, 2.45) is 11.8 Å². The highest BCUT2D eigenvalue weighted by atomic mass is 32.1. The minimum Gasteiger partial charge on any atom is -0.342 e. The Hall–Kier alpha value is -1.36. The number of nitrogens with zero attached hydrogens (tertiary/aromatic N) is 1. The lowest BCUT2D eigenvalue weighted by Crippen LogP contribution is -2.71. The van der Waals surface area contributed by atoms with Gasteiger partial charge in [0.15, 0.2) is 0 Å². The zero-order valence-corrected chi connectivity index (χ0v) is 13.6. The number of hydrogen-bond acceptors (Lipinski definition) is 3. The number of hydrogen-bond donors (Lipinski definition) is 1. The van der Waals surface area contributed by atoms with Gasteiger partial charge < -0.3 is 10.2 Å². The number of thiophene rings is 1. The van der Waals surface area contributed by atoms with E-state index in [9.17, 15) is 9.59 Å². The third-order valence-electron chi connectivity index (χ3n) is 4.77. The summed E-state index contributed by atoms with van der Waals surface area (Å²) in [6, 6.07) is 3.62. The predicted octanol–water partition coefficient (Wildman–Crippen LogP) is 2.40. The van der Waals surface area contributed by atoms with Crippen LogP contribution in [0.25, 0.3) is 0 Å². The molecular weight excluding hydrogens is 284 g/mol. The molecule has 114 valence electrons. The van der Waals surface area contributed by atoms with Gasteiger partial charge in [-0.2, -0.15) is 0 Å². The number of nitrogens with one attached hydrogen (secondary N) is 1. The molecule has 1 saturated carbocycles. The predicted molar refractivity (Wildman–Crippen MR) is 82.8 cm³/mol. The summed E-state index contributed by atoms with van der Waals surface area (Å²) in [6.07, 6.45) is 2.06. The van der Waals surface area contributed by atoms with E-state index in [0.29, 0.717) is 12.5 Å². The van der Waals surface area contributed by atoms with Crippen molar-refractivity contribution in [2.45, 2.75) is 51.7 Å². The maximum atomic E-state index is 12.9. The first-order valence-electron chi connectivity index (χ1n) is 7.59. The summed E-state index contributed by atoms with van der Waals surface area (Å²) in [6.45, 7) is 6.43. The third-order valence-corrected chi connectivity index (χ3v) is 5.63. The average molecular weight is 306 g/mol. The minimum absolute atomic E-state index is 0.0138. The van der Waals surface area contributed by atoms with Crippen molar-refractivity contribution < 1.29 is 9.59 Å². The van der Waals surface area contributed by atoms with Gasteiger partial charge in [-0.15, -0.1) is 11.3 Å². The zero-order chi connectivity index (χ0) is 15.2. The highest BCUT2D eigenvalue weighted by Gasteiger charge is 2.57. The molecule has 1 aliphatic heterocycles. The lowest BCUT2D eigenvalue weighted by atomic mass is 9.86. The summed E-state index contributed by atoms with van der Waals surface area (Å²) >= 11 is 1.64. The second kappa shape index (κ2) is 5.13. The zero-order valence-electron chi connectivity index (χ0n) is 12.8. The van der Waals surface area contributed by atoms with Crippen molar-refractivity contribution in [3.63, 3.8) is 0 Å². The lowest BCUT2D eigenvalue weighted by Gasteiger charge is -2.47. The van der Waals surface area contributed by atoms with Gasteiger partial charge in [-0.25, -0.2) is 0 Å². The normalized spacial score (nSPS) is 29.9. The highest BCUT2D eigenvalue weighted by Crippen LogP contribution is 2.45. The Morgan fingerprint density at radius 3 is 2.67 bits per heavy atom. The summed E-state index contributed by atoms with van der Waals surface area (Å²) in [5, 5.41) is 4.97. The lowest BCUT2D eigenvalue weighted by molar-refractivity contribution is -0.160. The second-order valence-electron chi connectivity index (χ2n) is 6.62. The maximum absolute atomic E-state index is 12.9. The molecule has 1 aliphatic carbocycles. The van der Waals surface area contributed by atoms with Crippen LogP contribution in [-0.4, -0.2) is 28.3 Å². The average Bonchev–Trinajstić information content (AvgIpc) is 3.17. The van der Waals surface area contributed by atoms with Gasteiger partial charge in [-0.1, -0.05) is 19.9 Å². The quantitative estimate of drug-likeness (QED) is 0.928. The molecule has 2 amide bonds. The van der Waals surface area contributed by atoms with E-state index >= 15 is 0 Å². The van der Waals surface area contributed by atoms with E-state index in [1.165, 1.54) is 0 Å². The van der Waals surface area contributed by atoms with Gasteiger partial charge in [0, 0.05) is 4.88 Å². The summed E-state index contributed by atoms with van der Waals surface area (Å²) in [7, 11) is 0. The smallest absolute Gasteiger partial charge is 0.246 e. The fourth-order valence-electron chi connectivity index (χ4n) is 3.17. The first kappa shape index (κ1) is 14.6. The van der Waals surface area contributed by atoms with Gasteiger partial charge in [0.05, 0.1) is 6.54 Å². The van der Waals surface area contributed by atoms with E-state index in [1.54, 1.807) is 11.3 Å². The Bertz CT molecular complexity index is 551. The van der Waals surface area contributed by atoms with Crippen molar-refractivity contribution in [2.75, 3.05) is 0 Å². The molecule has 0 aromatic carbocycles. The molecule has 5 heteroatoms. The third kappa shape index (κ3) is 2.37. The standard InChI is InChI=1S/C16H22N2O2S/c1-10(2)13-14(19)18(9-12-5-4-8-21-12)16(3,11-6-7-11)15(20)17-13/h4-5,8,10-11,13H,6-7,9H2,1-3H3,(H,17,20). The Balaban J connectivity index is 1.95. The largest absolute Gasteiger partial charge is 0.342 e. The van der Waals surface area contributed by atoms with E-state index in [4.69, 9.17) is 0 Å². The van der Waals surface area contributed by atoms with Gasteiger partial charge in [0.25, 0.3) is 0 Å².